The molecule has 0 spiro atoms. The van der Waals surface area contributed by atoms with Crippen LogP contribution in [0, 0.1) is 23.1 Å². The number of nitriles is 1. The molecule has 5 rings (SSSR count). The van der Waals surface area contributed by atoms with E-state index in [1.807, 2.05) is 24.3 Å². The molecule has 0 bridgehead atoms. The molecule has 1 N–H and O–H groups in total. The molecule has 2 amide bonds. The quantitative estimate of drug-likeness (QED) is 0.481. The number of amides is 2. The van der Waals surface area contributed by atoms with Crippen LogP contribution in [0.5, 0.6) is 0 Å². The van der Waals surface area contributed by atoms with Crippen LogP contribution in [0.3, 0.4) is 0 Å². The number of benzene rings is 2. The monoisotopic (exact) mass is 543 g/mol. The smallest absolute Gasteiger partial charge is 0.321 e. The van der Waals surface area contributed by atoms with Crippen molar-refractivity contribution in [3.8, 4) is 6.07 Å². The van der Waals surface area contributed by atoms with Crippen molar-refractivity contribution in [1.29, 1.82) is 5.26 Å². The zero-order valence-electron chi connectivity index (χ0n) is 22.0. The van der Waals surface area contributed by atoms with Crippen LogP contribution in [0.15, 0.2) is 42.5 Å². The normalized spacial score (nSPS) is 25.1. The van der Waals surface area contributed by atoms with Crippen LogP contribution < -0.4 is 5.32 Å². The van der Waals surface area contributed by atoms with E-state index in [9.17, 15) is 22.4 Å². The van der Waals surface area contributed by atoms with Gasteiger partial charge in [-0.25, -0.2) is 9.18 Å². The van der Waals surface area contributed by atoms with E-state index in [-0.39, 0.29) is 23.1 Å². The highest BCUT2D eigenvalue weighted by molar-refractivity contribution is 5.89. The van der Waals surface area contributed by atoms with Crippen molar-refractivity contribution in [3.63, 3.8) is 0 Å². The Kier molecular flexibility index (Phi) is 7.57. The van der Waals surface area contributed by atoms with E-state index in [1.54, 1.807) is 4.90 Å². The lowest BCUT2D eigenvalue weighted by atomic mass is 9.93. The van der Waals surface area contributed by atoms with Gasteiger partial charge in [-0.1, -0.05) is 12.1 Å². The Morgan fingerprint density at radius 3 is 2.51 bits per heavy atom. The van der Waals surface area contributed by atoms with Gasteiger partial charge in [0.05, 0.1) is 17.2 Å². The maximum Gasteiger partial charge on any atom is 0.419 e. The first-order chi connectivity index (χ1) is 18.6. The lowest BCUT2D eigenvalue weighted by Crippen LogP contribution is -2.47. The molecule has 10 heteroatoms. The van der Waals surface area contributed by atoms with Gasteiger partial charge in [-0.05, 0) is 81.1 Å². The number of nitrogens with one attached hydrogen (secondary N) is 1. The molecule has 1 saturated heterocycles. The molecule has 1 unspecified atom stereocenters. The minimum Gasteiger partial charge on any atom is -0.321 e. The van der Waals surface area contributed by atoms with Gasteiger partial charge in [-0.15, -0.1) is 0 Å². The zero-order chi connectivity index (χ0) is 27.8. The number of urea groups is 1. The summed E-state index contributed by atoms with van der Waals surface area (Å²) < 4.78 is 53.6. The van der Waals surface area contributed by atoms with Crippen LogP contribution in [-0.2, 0) is 11.6 Å². The number of rotatable bonds is 7. The second kappa shape index (κ2) is 10.8. The Labute approximate surface area is 226 Å². The molecule has 2 aromatic rings. The van der Waals surface area contributed by atoms with Gasteiger partial charge in [0.15, 0.2) is 0 Å². The van der Waals surface area contributed by atoms with E-state index >= 15 is 0 Å². The molecular formula is C29H33F4N5O. The van der Waals surface area contributed by atoms with Crippen LogP contribution in [0.1, 0.15) is 42.4 Å². The number of carbonyl (C=O) groups excluding carboxylic acids is 1. The molecule has 6 nitrogen and oxygen atoms in total. The maximum absolute atomic E-state index is 13.8. The Bertz CT molecular complexity index is 1240. The minimum atomic E-state index is -4.85. The first-order valence-electron chi connectivity index (χ1n) is 13.5. The van der Waals surface area contributed by atoms with Gasteiger partial charge in [0.1, 0.15) is 5.82 Å². The van der Waals surface area contributed by atoms with Gasteiger partial charge in [0, 0.05) is 49.9 Å². The highest BCUT2D eigenvalue weighted by Gasteiger charge is 2.64. The van der Waals surface area contributed by atoms with E-state index in [0.29, 0.717) is 18.2 Å². The Hall–Kier alpha value is -3.16. The topological polar surface area (TPSA) is 62.6 Å². The summed E-state index contributed by atoms with van der Waals surface area (Å²) in [6, 6.07) is 11.8. The molecule has 1 heterocycles. The fourth-order valence-corrected chi connectivity index (χ4v) is 6.43. The highest BCUT2D eigenvalue weighted by atomic mass is 19.4. The third-order valence-corrected chi connectivity index (χ3v) is 8.73. The number of halogens is 4. The molecule has 3 atom stereocenters. The number of likely N-dealkylation sites (N-methyl/N-ethyl adjacent to an activating group) is 1. The third kappa shape index (κ3) is 5.75. The van der Waals surface area contributed by atoms with E-state index in [2.05, 4.69) is 28.2 Å². The molecule has 208 valence electrons. The second-order valence-electron chi connectivity index (χ2n) is 11.1. The summed E-state index contributed by atoms with van der Waals surface area (Å²) in [6.45, 7) is 5.24. The van der Waals surface area contributed by atoms with Crippen molar-refractivity contribution in [1.82, 2.24) is 14.7 Å². The van der Waals surface area contributed by atoms with Crippen molar-refractivity contribution in [2.45, 2.75) is 43.3 Å². The summed E-state index contributed by atoms with van der Waals surface area (Å²) in [7, 11) is 2.10. The van der Waals surface area contributed by atoms with Crippen LogP contribution >= 0.6 is 0 Å². The van der Waals surface area contributed by atoms with Crippen molar-refractivity contribution < 1.29 is 22.4 Å². The number of hydrogen-bond donors (Lipinski definition) is 1. The largest absolute Gasteiger partial charge is 0.419 e. The predicted molar refractivity (Wildman–Crippen MR) is 140 cm³/mol. The van der Waals surface area contributed by atoms with Gasteiger partial charge in [0.2, 0.25) is 0 Å². The standard InChI is InChI=1S/C29H33F4N5O/c1-36-13-15-37(16-14-36)11-2-12-38(27(39)35-22-7-8-25(30)23(17-22)29(31,32)33)26-9-10-28(18-24(26)28)21-5-3-20(19-34)4-6-21/h3-8,17,24,26H,2,9-16,18H2,1H3,(H,35,39)/t24?,26-,28-/m1/s1. The number of carbonyl (C=O) groups is 1. The zero-order valence-corrected chi connectivity index (χ0v) is 22.0. The van der Waals surface area contributed by atoms with Crippen LogP contribution in [0.4, 0.5) is 28.0 Å². The molecule has 3 aliphatic rings. The van der Waals surface area contributed by atoms with Crippen LogP contribution in [0.25, 0.3) is 0 Å². The van der Waals surface area contributed by atoms with Crippen LogP contribution in [-0.4, -0.2) is 73.1 Å². The lowest BCUT2D eigenvalue weighted by molar-refractivity contribution is -0.139. The average Bonchev–Trinajstić information content (AvgIpc) is 3.54. The molecule has 39 heavy (non-hydrogen) atoms. The number of alkyl halides is 3. The summed E-state index contributed by atoms with van der Waals surface area (Å²) >= 11 is 0. The minimum absolute atomic E-state index is 0.0338. The number of anilines is 1. The van der Waals surface area contributed by atoms with Gasteiger partial charge >= 0.3 is 12.2 Å². The fraction of sp³-hybridized carbons (Fsp3) is 0.517. The summed E-state index contributed by atoms with van der Waals surface area (Å²) in [5.74, 6) is -1.12. The molecular weight excluding hydrogens is 510 g/mol. The van der Waals surface area contributed by atoms with Crippen molar-refractivity contribution in [2.24, 2.45) is 5.92 Å². The van der Waals surface area contributed by atoms with Crippen molar-refractivity contribution in [3.05, 3.63) is 65.0 Å². The molecule has 2 saturated carbocycles. The second-order valence-corrected chi connectivity index (χ2v) is 11.1. The van der Waals surface area contributed by atoms with E-state index in [0.717, 1.165) is 70.5 Å². The average molecular weight is 544 g/mol. The first kappa shape index (κ1) is 27.4. The summed E-state index contributed by atoms with van der Waals surface area (Å²) in [6.07, 6.45) is -1.47. The molecule has 0 radical (unpaired) electrons. The van der Waals surface area contributed by atoms with Gasteiger partial charge < -0.3 is 20.0 Å². The summed E-state index contributed by atoms with van der Waals surface area (Å²) in [4.78, 5) is 20.0. The SMILES string of the molecule is CN1CCN(CCCN(C(=O)Nc2ccc(F)c(C(F)(F)F)c2)[C@@H]2CC[C@]3(c4ccc(C#N)cc4)CC23)CC1. The molecule has 1 aliphatic heterocycles. The lowest BCUT2D eigenvalue weighted by Gasteiger charge is -2.34. The van der Waals surface area contributed by atoms with Crippen molar-refractivity contribution >= 4 is 11.7 Å². The predicted octanol–water partition coefficient (Wildman–Crippen LogP) is 5.31. The number of nitrogens with zero attached hydrogens (tertiary/aromatic N) is 4. The third-order valence-electron chi connectivity index (χ3n) is 8.73. The van der Waals surface area contributed by atoms with Gasteiger partial charge in [0.25, 0.3) is 0 Å². The van der Waals surface area contributed by atoms with Crippen LogP contribution in [0.2, 0.25) is 0 Å². The maximum atomic E-state index is 13.8. The van der Waals surface area contributed by atoms with Gasteiger partial charge in [-0.3, -0.25) is 0 Å². The highest BCUT2D eigenvalue weighted by Crippen LogP contribution is 2.65. The van der Waals surface area contributed by atoms with E-state index in [1.165, 1.54) is 5.56 Å². The number of fused-ring (bicyclic) bond motifs is 1. The van der Waals surface area contributed by atoms with E-state index < -0.39 is 23.6 Å². The summed E-state index contributed by atoms with van der Waals surface area (Å²) in [5.41, 5.74) is 0.257. The number of hydrogen-bond acceptors (Lipinski definition) is 4. The fourth-order valence-electron chi connectivity index (χ4n) is 6.43. The number of piperazine rings is 1. The van der Waals surface area contributed by atoms with Crippen molar-refractivity contribution in [2.75, 3.05) is 51.6 Å². The molecule has 2 aromatic carbocycles. The summed E-state index contributed by atoms with van der Waals surface area (Å²) in [5, 5.41) is 11.8. The first-order valence-corrected chi connectivity index (χ1v) is 13.5. The Balaban J connectivity index is 1.31. The Morgan fingerprint density at radius 2 is 1.87 bits per heavy atom. The van der Waals surface area contributed by atoms with E-state index in [4.69, 9.17) is 5.26 Å². The molecule has 3 fully saturated rings. The molecule has 0 aromatic heterocycles. The molecule has 2 aliphatic carbocycles. The van der Waals surface area contributed by atoms with Gasteiger partial charge in [-0.2, -0.15) is 18.4 Å². The Morgan fingerprint density at radius 1 is 1.15 bits per heavy atom.